The number of carbonyl (C=O) groups excluding carboxylic acids is 1. The van der Waals surface area contributed by atoms with Gasteiger partial charge in [0.15, 0.2) is 11.9 Å². The lowest BCUT2D eigenvalue weighted by Gasteiger charge is -2.39. The Morgan fingerprint density at radius 2 is 1.83 bits per heavy atom. The molecule has 2 heterocycles. The summed E-state index contributed by atoms with van der Waals surface area (Å²) < 4.78 is 6.70. The van der Waals surface area contributed by atoms with Crippen LogP contribution in [0.15, 0.2) is 48.7 Å². The molecule has 3 aromatic rings. The predicted molar refractivity (Wildman–Crippen MR) is 100 cm³/mol. The Balaban J connectivity index is 1.50. The molecule has 0 aliphatic carbocycles. The van der Waals surface area contributed by atoms with Crippen molar-refractivity contribution in [2.24, 2.45) is 0 Å². The molecule has 0 unspecified atom stereocenters. The lowest BCUT2D eigenvalue weighted by atomic mass is 9.98. The molecule has 1 amide bonds. The van der Waals surface area contributed by atoms with Crippen LogP contribution in [0.2, 0.25) is 0 Å². The van der Waals surface area contributed by atoms with Crippen LogP contribution in [0.5, 0.6) is 0 Å². The van der Waals surface area contributed by atoms with Crippen LogP contribution in [0, 0.1) is 0 Å². The van der Waals surface area contributed by atoms with Crippen molar-refractivity contribution in [1.29, 1.82) is 0 Å². The fourth-order valence-corrected chi connectivity index (χ4v) is 3.24. The Morgan fingerprint density at radius 3 is 2.59 bits per heavy atom. The van der Waals surface area contributed by atoms with Crippen molar-refractivity contribution in [2.75, 3.05) is 6.61 Å². The van der Waals surface area contributed by atoms with Crippen LogP contribution in [0.3, 0.4) is 0 Å². The van der Waals surface area contributed by atoms with Crippen LogP contribution in [-0.2, 0) is 4.74 Å². The van der Waals surface area contributed by atoms with Crippen LogP contribution in [0.4, 0.5) is 0 Å². The van der Waals surface area contributed by atoms with E-state index in [0.29, 0.717) is 5.69 Å². The number of benzene rings is 2. The molecule has 1 saturated heterocycles. The molecule has 2 aromatic carbocycles. The zero-order chi connectivity index (χ0) is 20.5. The molecule has 152 valence electrons. The van der Waals surface area contributed by atoms with Gasteiger partial charge in [-0.3, -0.25) is 4.79 Å². The first-order valence-corrected chi connectivity index (χ1v) is 9.01. The van der Waals surface area contributed by atoms with Crippen LogP contribution >= 0.6 is 0 Å². The summed E-state index contributed by atoms with van der Waals surface area (Å²) in [5, 5.41) is 51.1. The third kappa shape index (κ3) is 3.71. The van der Waals surface area contributed by atoms with E-state index in [2.05, 4.69) is 15.6 Å². The number of nitrogens with zero attached hydrogens (tertiary/aromatic N) is 3. The number of aliphatic hydroxyl groups excluding tert-OH is 4. The Labute approximate surface area is 165 Å². The standard InChI is InChI=1S/C19H20N4O6/c24-9-14-15(25)16(26)17(27)19(29-14)20-18(28)13-8-23(22-21-13)12-6-5-10-3-1-2-4-11(10)7-12/h1-8,14-17,19,24-27H,9H2,(H,20,28)/t14-,15-,16+,17-,19-/m1/s1. The van der Waals surface area contributed by atoms with E-state index in [1.807, 2.05) is 42.5 Å². The Hall–Kier alpha value is -2.89. The Bertz CT molecular complexity index is 1020. The van der Waals surface area contributed by atoms with Crippen LogP contribution in [-0.4, -0.2) is 78.6 Å². The first-order chi connectivity index (χ1) is 14.0. The van der Waals surface area contributed by atoms with E-state index in [1.165, 1.54) is 10.9 Å². The number of hydrogen-bond acceptors (Lipinski definition) is 8. The third-order valence-electron chi connectivity index (χ3n) is 4.89. The molecule has 1 aromatic heterocycles. The highest BCUT2D eigenvalue weighted by molar-refractivity contribution is 5.92. The SMILES string of the molecule is O=C(N[C@@H]1O[C@H](CO)[C@@H](O)[C@H](O)[C@H]1O)c1cn(-c2ccc3ccccc3c2)nn1. The highest BCUT2D eigenvalue weighted by Crippen LogP contribution is 2.20. The van der Waals surface area contributed by atoms with Crippen molar-refractivity contribution < 1.29 is 30.0 Å². The van der Waals surface area contributed by atoms with Gasteiger partial charge >= 0.3 is 0 Å². The summed E-state index contributed by atoms with van der Waals surface area (Å²) in [6, 6.07) is 13.5. The topological polar surface area (TPSA) is 150 Å². The number of rotatable bonds is 4. The molecule has 4 rings (SSSR count). The maximum absolute atomic E-state index is 12.5. The average molecular weight is 400 g/mol. The second-order valence-corrected chi connectivity index (χ2v) is 6.80. The average Bonchev–Trinajstić information content (AvgIpc) is 3.24. The lowest BCUT2D eigenvalue weighted by molar-refractivity contribution is -0.233. The fraction of sp³-hybridized carbons (Fsp3) is 0.316. The summed E-state index contributed by atoms with van der Waals surface area (Å²) in [5.41, 5.74) is 0.679. The van der Waals surface area contributed by atoms with Crippen molar-refractivity contribution in [3.05, 3.63) is 54.4 Å². The van der Waals surface area contributed by atoms with E-state index < -0.39 is 43.2 Å². The van der Waals surface area contributed by atoms with Gasteiger partial charge in [-0.05, 0) is 22.9 Å². The maximum Gasteiger partial charge on any atom is 0.275 e. The maximum atomic E-state index is 12.5. The van der Waals surface area contributed by atoms with Gasteiger partial charge in [-0.25, -0.2) is 4.68 Å². The molecule has 1 aliphatic heterocycles. The molecule has 1 fully saturated rings. The molecular formula is C19H20N4O6. The zero-order valence-corrected chi connectivity index (χ0v) is 15.2. The monoisotopic (exact) mass is 400 g/mol. The molecule has 5 N–H and O–H groups in total. The molecule has 0 saturated carbocycles. The molecule has 29 heavy (non-hydrogen) atoms. The van der Waals surface area contributed by atoms with Crippen LogP contribution in [0.25, 0.3) is 16.5 Å². The largest absolute Gasteiger partial charge is 0.394 e. The van der Waals surface area contributed by atoms with E-state index in [-0.39, 0.29) is 5.69 Å². The Kier molecular flexibility index (Phi) is 5.26. The van der Waals surface area contributed by atoms with Gasteiger partial charge in [0.25, 0.3) is 5.91 Å². The van der Waals surface area contributed by atoms with Gasteiger partial charge in [-0.2, -0.15) is 0 Å². The third-order valence-corrected chi connectivity index (χ3v) is 4.89. The first-order valence-electron chi connectivity index (χ1n) is 9.01. The van der Waals surface area contributed by atoms with Crippen LogP contribution in [0.1, 0.15) is 10.5 Å². The number of hydrogen-bond donors (Lipinski definition) is 5. The van der Waals surface area contributed by atoms with Crippen LogP contribution < -0.4 is 5.32 Å². The summed E-state index contributed by atoms with van der Waals surface area (Å²) >= 11 is 0. The fourth-order valence-electron chi connectivity index (χ4n) is 3.24. The molecule has 5 atom stereocenters. The van der Waals surface area contributed by atoms with Crippen molar-refractivity contribution in [3.8, 4) is 5.69 Å². The summed E-state index contributed by atoms with van der Waals surface area (Å²) in [6.07, 6.45) is -5.69. The molecular weight excluding hydrogens is 380 g/mol. The number of aromatic nitrogens is 3. The van der Waals surface area contributed by atoms with Crippen molar-refractivity contribution in [2.45, 2.75) is 30.6 Å². The van der Waals surface area contributed by atoms with E-state index in [0.717, 1.165) is 10.8 Å². The summed E-state index contributed by atoms with van der Waals surface area (Å²) in [5.74, 6) is -0.693. The molecule has 1 aliphatic rings. The van der Waals surface area contributed by atoms with E-state index in [4.69, 9.17) is 4.74 Å². The van der Waals surface area contributed by atoms with Gasteiger partial charge in [0.05, 0.1) is 18.5 Å². The highest BCUT2D eigenvalue weighted by atomic mass is 16.6. The van der Waals surface area contributed by atoms with Gasteiger partial charge in [0.2, 0.25) is 0 Å². The minimum Gasteiger partial charge on any atom is -0.394 e. The van der Waals surface area contributed by atoms with Crippen molar-refractivity contribution in [3.63, 3.8) is 0 Å². The number of ether oxygens (including phenoxy) is 1. The van der Waals surface area contributed by atoms with Crippen molar-refractivity contribution in [1.82, 2.24) is 20.3 Å². The summed E-state index contributed by atoms with van der Waals surface area (Å²) in [4.78, 5) is 12.5. The minimum absolute atomic E-state index is 0.0323. The lowest BCUT2D eigenvalue weighted by Crippen LogP contribution is -2.63. The smallest absolute Gasteiger partial charge is 0.275 e. The predicted octanol–water partition coefficient (Wildman–Crippen LogP) is -1.05. The zero-order valence-electron chi connectivity index (χ0n) is 15.2. The number of nitrogens with one attached hydrogen (secondary N) is 1. The van der Waals surface area contributed by atoms with E-state index in [9.17, 15) is 25.2 Å². The second kappa shape index (κ2) is 7.85. The number of fused-ring (bicyclic) bond motifs is 1. The normalized spacial score (nSPS) is 27.1. The number of carbonyl (C=O) groups is 1. The van der Waals surface area contributed by atoms with E-state index in [1.54, 1.807) is 0 Å². The second-order valence-electron chi connectivity index (χ2n) is 6.80. The van der Waals surface area contributed by atoms with Gasteiger partial charge in [0.1, 0.15) is 24.4 Å². The minimum atomic E-state index is -1.58. The van der Waals surface area contributed by atoms with Gasteiger partial charge in [-0.1, -0.05) is 35.5 Å². The molecule has 10 nitrogen and oxygen atoms in total. The number of aliphatic hydroxyl groups is 4. The van der Waals surface area contributed by atoms with Crippen molar-refractivity contribution >= 4 is 16.7 Å². The quantitative estimate of drug-likeness (QED) is 0.372. The summed E-state index contributed by atoms with van der Waals surface area (Å²) in [7, 11) is 0. The van der Waals surface area contributed by atoms with Gasteiger partial charge in [0, 0.05) is 0 Å². The molecule has 10 heteroatoms. The molecule has 0 radical (unpaired) electrons. The Morgan fingerprint density at radius 1 is 1.07 bits per heavy atom. The molecule has 0 spiro atoms. The summed E-state index contributed by atoms with van der Waals surface area (Å²) in [6.45, 7) is -0.588. The number of amides is 1. The highest BCUT2D eigenvalue weighted by Gasteiger charge is 2.44. The van der Waals surface area contributed by atoms with E-state index >= 15 is 0 Å². The molecule has 0 bridgehead atoms. The first kappa shape index (κ1) is 19.4. The van der Waals surface area contributed by atoms with Gasteiger partial charge < -0.3 is 30.5 Å². The van der Waals surface area contributed by atoms with Gasteiger partial charge in [-0.15, -0.1) is 5.10 Å².